The predicted molar refractivity (Wildman–Crippen MR) is 69.1 cm³/mol. The smallest absolute Gasteiger partial charge is 0.323 e. The van der Waals surface area contributed by atoms with E-state index in [1.54, 1.807) is 0 Å². The molecule has 1 fully saturated rings. The SMILES string of the molecule is CC(C)(C)N(CC(=O)O)C(=O)C1(CN)CCCC1. The Labute approximate surface area is 108 Å². The maximum Gasteiger partial charge on any atom is 0.323 e. The average Bonchev–Trinajstić information content (AvgIpc) is 2.73. The second kappa shape index (κ2) is 5.26. The van der Waals surface area contributed by atoms with Crippen LogP contribution in [0.5, 0.6) is 0 Å². The van der Waals surface area contributed by atoms with Crippen LogP contribution in [-0.4, -0.2) is 40.5 Å². The Morgan fingerprint density at radius 1 is 1.28 bits per heavy atom. The summed E-state index contributed by atoms with van der Waals surface area (Å²) in [5.41, 5.74) is 4.75. The third-order valence-electron chi connectivity index (χ3n) is 3.75. The van der Waals surface area contributed by atoms with Crippen LogP contribution in [0.4, 0.5) is 0 Å². The quantitative estimate of drug-likeness (QED) is 0.792. The molecule has 0 saturated heterocycles. The highest BCUT2D eigenvalue weighted by Gasteiger charge is 2.45. The number of nitrogens with zero attached hydrogens (tertiary/aromatic N) is 1. The lowest BCUT2D eigenvalue weighted by Crippen LogP contribution is -2.55. The van der Waals surface area contributed by atoms with Crippen molar-refractivity contribution in [2.45, 2.75) is 52.0 Å². The second-order valence-corrected chi connectivity index (χ2v) is 6.15. The van der Waals surface area contributed by atoms with Crippen LogP contribution in [0, 0.1) is 5.41 Å². The van der Waals surface area contributed by atoms with E-state index in [4.69, 9.17) is 10.8 Å². The van der Waals surface area contributed by atoms with Crippen molar-refractivity contribution >= 4 is 11.9 Å². The number of amides is 1. The van der Waals surface area contributed by atoms with Crippen molar-refractivity contribution in [1.82, 2.24) is 4.90 Å². The van der Waals surface area contributed by atoms with Gasteiger partial charge in [0.2, 0.25) is 5.91 Å². The van der Waals surface area contributed by atoms with Gasteiger partial charge in [0.25, 0.3) is 0 Å². The van der Waals surface area contributed by atoms with Gasteiger partial charge in [0.1, 0.15) is 6.54 Å². The highest BCUT2D eigenvalue weighted by molar-refractivity contribution is 5.87. The van der Waals surface area contributed by atoms with E-state index in [0.29, 0.717) is 6.54 Å². The summed E-state index contributed by atoms with van der Waals surface area (Å²) >= 11 is 0. The zero-order valence-corrected chi connectivity index (χ0v) is 11.5. The molecule has 1 amide bonds. The topological polar surface area (TPSA) is 83.6 Å². The summed E-state index contributed by atoms with van der Waals surface area (Å²) in [5, 5.41) is 8.97. The molecule has 5 nitrogen and oxygen atoms in total. The molecule has 0 aromatic rings. The van der Waals surface area contributed by atoms with E-state index in [-0.39, 0.29) is 12.5 Å². The molecule has 1 rings (SSSR count). The van der Waals surface area contributed by atoms with Crippen molar-refractivity contribution in [3.05, 3.63) is 0 Å². The summed E-state index contributed by atoms with van der Waals surface area (Å²) in [6, 6.07) is 0. The second-order valence-electron chi connectivity index (χ2n) is 6.15. The van der Waals surface area contributed by atoms with Crippen LogP contribution in [0.25, 0.3) is 0 Å². The van der Waals surface area contributed by atoms with Crippen molar-refractivity contribution in [3.63, 3.8) is 0 Å². The van der Waals surface area contributed by atoms with Gasteiger partial charge in [0.15, 0.2) is 0 Å². The Morgan fingerprint density at radius 2 is 1.78 bits per heavy atom. The zero-order valence-electron chi connectivity index (χ0n) is 11.5. The van der Waals surface area contributed by atoms with E-state index in [1.807, 2.05) is 20.8 Å². The van der Waals surface area contributed by atoms with Crippen LogP contribution in [0.2, 0.25) is 0 Å². The molecule has 0 heterocycles. The van der Waals surface area contributed by atoms with Gasteiger partial charge < -0.3 is 15.7 Å². The molecule has 104 valence electrons. The van der Waals surface area contributed by atoms with Crippen LogP contribution in [0.3, 0.4) is 0 Å². The summed E-state index contributed by atoms with van der Waals surface area (Å²) in [4.78, 5) is 25.1. The van der Waals surface area contributed by atoms with E-state index in [1.165, 1.54) is 4.90 Å². The minimum absolute atomic E-state index is 0.0996. The minimum Gasteiger partial charge on any atom is -0.480 e. The first-order valence-electron chi connectivity index (χ1n) is 6.47. The number of nitrogens with two attached hydrogens (primary N) is 1. The molecular weight excluding hydrogens is 232 g/mol. The minimum atomic E-state index is -0.983. The van der Waals surface area contributed by atoms with E-state index in [9.17, 15) is 9.59 Å². The Morgan fingerprint density at radius 3 is 2.11 bits per heavy atom. The van der Waals surface area contributed by atoms with Crippen molar-refractivity contribution in [3.8, 4) is 0 Å². The molecule has 18 heavy (non-hydrogen) atoms. The standard InChI is InChI=1S/C13H24N2O3/c1-12(2,3)15(8-10(16)17)11(18)13(9-14)6-4-5-7-13/h4-9,14H2,1-3H3,(H,16,17). The molecule has 0 aromatic carbocycles. The summed E-state index contributed by atoms with van der Waals surface area (Å²) < 4.78 is 0. The molecule has 5 heteroatoms. The van der Waals surface area contributed by atoms with Gasteiger partial charge in [-0.25, -0.2) is 0 Å². The number of aliphatic carboxylic acids is 1. The summed E-state index contributed by atoms with van der Waals surface area (Å²) in [6.45, 7) is 5.61. The average molecular weight is 256 g/mol. The maximum absolute atomic E-state index is 12.7. The molecule has 1 aliphatic carbocycles. The van der Waals surface area contributed by atoms with E-state index >= 15 is 0 Å². The number of carboxylic acids is 1. The van der Waals surface area contributed by atoms with Gasteiger partial charge in [-0.15, -0.1) is 0 Å². The Bertz CT molecular complexity index is 328. The van der Waals surface area contributed by atoms with Crippen LogP contribution in [-0.2, 0) is 9.59 Å². The Hall–Kier alpha value is -1.10. The van der Waals surface area contributed by atoms with Crippen LogP contribution in [0.15, 0.2) is 0 Å². The number of rotatable bonds is 4. The number of hydrogen-bond donors (Lipinski definition) is 2. The molecule has 0 aliphatic heterocycles. The van der Waals surface area contributed by atoms with E-state index in [0.717, 1.165) is 25.7 Å². The van der Waals surface area contributed by atoms with Gasteiger partial charge in [-0.2, -0.15) is 0 Å². The van der Waals surface area contributed by atoms with Crippen molar-refractivity contribution in [1.29, 1.82) is 0 Å². The fraction of sp³-hybridized carbons (Fsp3) is 0.846. The summed E-state index contributed by atoms with van der Waals surface area (Å²) in [6.07, 6.45) is 3.53. The third-order valence-corrected chi connectivity index (χ3v) is 3.75. The summed E-state index contributed by atoms with van der Waals surface area (Å²) in [5.74, 6) is -1.08. The van der Waals surface area contributed by atoms with Crippen molar-refractivity contribution < 1.29 is 14.7 Å². The normalized spacial score (nSPS) is 18.7. The van der Waals surface area contributed by atoms with Crippen LogP contribution < -0.4 is 5.73 Å². The lowest BCUT2D eigenvalue weighted by molar-refractivity contribution is -0.154. The predicted octanol–water partition coefficient (Wildman–Crippen LogP) is 1.22. The van der Waals surface area contributed by atoms with E-state index in [2.05, 4.69) is 0 Å². The largest absolute Gasteiger partial charge is 0.480 e. The maximum atomic E-state index is 12.7. The molecule has 0 bridgehead atoms. The molecule has 0 atom stereocenters. The lowest BCUT2D eigenvalue weighted by atomic mass is 9.83. The van der Waals surface area contributed by atoms with Crippen molar-refractivity contribution in [2.24, 2.45) is 11.1 Å². The fourth-order valence-corrected chi connectivity index (χ4v) is 2.59. The molecule has 0 spiro atoms. The Kier molecular flexibility index (Phi) is 4.37. The summed E-state index contributed by atoms with van der Waals surface area (Å²) in [7, 11) is 0. The van der Waals surface area contributed by atoms with E-state index < -0.39 is 16.9 Å². The zero-order chi connectivity index (χ0) is 14.0. The van der Waals surface area contributed by atoms with Crippen molar-refractivity contribution in [2.75, 3.05) is 13.1 Å². The van der Waals surface area contributed by atoms with Gasteiger partial charge >= 0.3 is 5.97 Å². The molecule has 0 aromatic heterocycles. The first kappa shape index (κ1) is 15.0. The van der Waals surface area contributed by atoms with Gasteiger partial charge in [-0.3, -0.25) is 9.59 Å². The van der Waals surface area contributed by atoms with Gasteiger partial charge in [-0.1, -0.05) is 12.8 Å². The third kappa shape index (κ3) is 3.02. The highest BCUT2D eigenvalue weighted by atomic mass is 16.4. The lowest BCUT2D eigenvalue weighted by Gasteiger charge is -2.40. The number of carbonyl (C=O) groups is 2. The number of hydrogen-bond acceptors (Lipinski definition) is 3. The molecule has 3 N–H and O–H groups in total. The van der Waals surface area contributed by atoms with Gasteiger partial charge in [-0.05, 0) is 33.6 Å². The molecule has 1 aliphatic rings. The molecule has 1 saturated carbocycles. The first-order chi connectivity index (χ1) is 8.23. The number of carboxylic acid groups (broad SMARTS) is 1. The first-order valence-corrected chi connectivity index (χ1v) is 6.47. The highest BCUT2D eigenvalue weighted by Crippen LogP contribution is 2.40. The molecule has 0 unspecified atom stereocenters. The van der Waals surface area contributed by atoms with Crippen LogP contribution >= 0.6 is 0 Å². The molecule has 0 radical (unpaired) electrons. The number of carbonyl (C=O) groups excluding carboxylic acids is 1. The fourth-order valence-electron chi connectivity index (χ4n) is 2.59. The van der Waals surface area contributed by atoms with Gasteiger partial charge in [0, 0.05) is 12.1 Å². The Balaban J connectivity index is 2.98. The molecular formula is C13H24N2O3. The monoisotopic (exact) mass is 256 g/mol. The van der Waals surface area contributed by atoms with Crippen LogP contribution in [0.1, 0.15) is 46.5 Å². The van der Waals surface area contributed by atoms with Gasteiger partial charge in [0.05, 0.1) is 5.41 Å².